The van der Waals surface area contributed by atoms with Crippen molar-refractivity contribution in [2.24, 2.45) is 0 Å². The van der Waals surface area contributed by atoms with Gasteiger partial charge in [0.15, 0.2) is 0 Å². The van der Waals surface area contributed by atoms with Gasteiger partial charge in [-0.2, -0.15) is 0 Å². The van der Waals surface area contributed by atoms with Crippen LogP contribution in [-0.2, 0) is 0 Å². The molecule has 1 aromatic carbocycles. The van der Waals surface area contributed by atoms with Gasteiger partial charge in [0.1, 0.15) is 0 Å². The van der Waals surface area contributed by atoms with E-state index in [1.807, 2.05) is 24.3 Å². The first-order valence-electron chi connectivity index (χ1n) is 6.46. The molecule has 98 valence electrons. The summed E-state index contributed by atoms with van der Waals surface area (Å²) in [6.07, 6.45) is 1.17. The van der Waals surface area contributed by atoms with Crippen LogP contribution in [0, 0.1) is 0 Å². The Balaban J connectivity index is 2.09. The van der Waals surface area contributed by atoms with Crippen molar-refractivity contribution in [3.8, 4) is 0 Å². The Bertz CT molecular complexity index is 392. The van der Waals surface area contributed by atoms with Gasteiger partial charge in [0.2, 0.25) is 0 Å². The lowest BCUT2D eigenvalue weighted by Gasteiger charge is -2.22. The van der Waals surface area contributed by atoms with Gasteiger partial charge in [-0.3, -0.25) is 4.79 Å². The number of carbonyl (C=O) groups excluding carboxylic acids is 1. The van der Waals surface area contributed by atoms with Gasteiger partial charge in [0.25, 0.3) is 5.91 Å². The molecule has 0 saturated carbocycles. The van der Waals surface area contributed by atoms with E-state index in [-0.39, 0.29) is 5.91 Å². The molecule has 1 heterocycles. The molecule has 1 fully saturated rings. The molecule has 2 rings (SSSR count). The Morgan fingerprint density at radius 2 is 1.89 bits per heavy atom. The van der Waals surface area contributed by atoms with E-state index in [2.05, 4.69) is 10.2 Å². The van der Waals surface area contributed by atoms with E-state index in [9.17, 15) is 4.79 Å². The molecule has 0 bridgehead atoms. The fourth-order valence-corrected chi connectivity index (χ4v) is 2.18. The maximum Gasteiger partial charge on any atom is 0.253 e. The summed E-state index contributed by atoms with van der Waals surface area (Å²) in [5, 5.41) is 3.39. The highest BCUT2D eigenvalue weighted by Crippen LogP contribution is 2.16. The van der Waals surface area contributed by atoms with Crippen molar-refractivity contribution in [1.82, 2.24) is 10.2 Å². The van der Waals surface area contributed by atoms with Gasteiger partial charge in [0, 0.05) is 45.0 Å². The molecule has 0 aliphatic carbocycles. The summed E-state index contributed by atoms with van der Waals surface area (Å²) >= 11 is 0. The second-order valence-corrected chi connectivity index (χ2v) is 4.84. The van der Waals surface area contributed by atoms with E-state index in [1.165, 1.54) is 12.1 Å². The van der Waals surface area contributed by atoms with Gasteiger partial charge in [0.05, 0.1) is 0 Å². The van der Waals surface area contributed by atoms with Crippen LogP contribution in [-0.4, -0.2) is 51.1 Å². The van der Waals surface area contributed by atoms with Crippen LogP contribution in [0.3, 0.4) is 0 Å². The molecule has 18 heavy (non-hydrogen) atoms. The predicted molar refractivity (Wildman–Crippen MR) is 74.2 cm³/mol. The van der Waals surface area contributed by atoms with Crippen LogP contribution in [0.1, 0.15) is 16.8 Å². The third-order valence-corrected chi connectivity index (χ3v) is 3.23. The summed E-state index contributed by atoms with van der Waals surface area (Å²) in [7, 11) is 3.55. The zero-order chi connectivity index (χ0) is 13.0. The lowest BCUT2D eigenvalue weighted by Crippen LogP contribution is -2.28. The average molecular weight is 247 g/mol. The fourth-order valence-electron chi connectivity index (χ4n) is 2.18. The normalized spacial score (nSPS) is 16.2. The predicted octanol–water partition coefficient (Wildman–Crippen LogP) is 1.19. The Kier molecular flexibility index (Phi) is 4.20. The molecule has 4 nitrogen and oxygen atoms in total. The number of nitrogens with zero attached hydrogens (tertiary/aromatic N) is 2. The third-order valence-electron chi connectivity index (χ3n) is 3.23. The topological polar surface area (TPSA) is 35.6 Å². The number of nitrogens with one attached hydrogen (secondary N) is 1. The van der Waals surface area contributed by atoms with Crippen molar-refractivity contribution >= 4 is 11.6 Å². The van der Waals surface area contributed by atoms with E-state index >= 15 is 0 Å². The minimum atomic E-state index is 0.0547. The molecular weight excluding hydrogens is 226 g/mol. The van der Waals surface area contributed by atoms with Crippen LogP contribution in [0.15, 0.2) is 24.3 Å². The van der Waals surface area contributed by atoms with E-state index in [0.717, 1.165) is 31.7 Å². The molecule has 0 unspecified atom stereocenters. The SMILES string of the molecule is CN(C)C(=O)c1ccc(N2CCCNCC2)cc1. The molecule has 1 saturated heterocycles. The Morgan fingerprint density at radius 3 is 2.56 bits per heavy atom. The number of carbonyl (C=O) groups is 1. The van der Waals surface area contributed by atoms with Crippen LogP contribution >= 0.6 is 0 Å². The zero-order valence-corrected chi connectivity index (χ0v) is 11.1. The lowest BCUT2D eigenvalue weighted by atomic mass is 10.1. The highest BCUT2D eigenvalue weighted by molar-refractivity contribution is 5.94. The zero-order valence-electron chi connectivity index (χ0n) is 11.1. The van der Waals surface area contributed by atoms with Gasteiger partial charge in [-0.25, -0.2) is 0 Å². The lowest BCUT2D eigenvalue weighted by molar-refractivity contribution is 0.0827. The van der Waals surface area contributed by atoms with Crippen LogP contribution < -0.4 is 10.2 Å². The molecule has 1 aliphatic heterocycles. The molecule has 0 aromatic heterocycles. The minimum absolute atomic E-state index is 0.0547. The Labute approximate surface area is 109 Å². The van der Waals surface area contributed by atoms with Gasteiger partial charge in [-0.05, 0) is 37.2 Å². The monoisotopic (exact) mass is 247 g/mol. The molecule has 4 heteroatoms. The van der Waals surface area contributed by atoms with E-state index in [4.69, 9.17) is 0 Å². The highest BCUT2D eigenvalue weighted by atomic mass is 16.2. The smallest absolute Gasteiger partial charge is 0.253 e. The first kappa shape index (κ1) is 12.9. The first-order chi connectivity index (χ1) is 8.68. The van der Waals surface area contributed by atoms with Crippen molar-refractivity contribution < 1.29 is 4.79 Å². The summed E-state index contributed by atoms with van der Waals surface area (Å²) in [6, 6.07) is 7.91. The Hall–Kier alpha value is -1.55. The van der Waals surface area contributed by atoms with Crippen molar-refractivity contribution in [2.45, 2.75) is 6.42 Å². The Morgan fingerprint density at radius 1 is 1.17 bits per heavy atom. The number of anilines is 1. The van der Waals surface area contributed by atoms with Crippen molar-refractivity contribution in [1.29, 1.82) is 0 Å². The van der Waals surface area contributed by atoms with E-state index in [0.29, 0.717) is 0 Å². The van der Waals surface area contributed by atoms with Gasteiger partial charge in [-0.1, -0.05) is 0 Å². The summed E-state index contributed by atoms with van der Waals surface area (Å²) in [4.78, 5) is 15.8. The number of hydrogen-bond acceptors (Lipinski definition) is 3. The first-order valence-corrected chi connectivity index (χ1v) is 6.46. The quantitative estimate of drug-likeness (QED) is 0.852. The van der Waals surface area contributed by atoms with Gasteiger partial charge in [-0.15, -0.1) is 0 Å². The third kappa shape index (κ3) is 3.01. The second-order valence-electron chi connectivity index (χ2n) is 4.84. The van der Waals surface area contributed by atoms with Crippen LogP contribution in [0.5, 0.6) is 0 Å². The van der Waals surface area contributed by atoms with Crippen molar-refractivity contribution in [3.05, 3.63) is 29.8 Å². The highest BCUT2D eigenvalue weighted by Gasteiger charge is 2.11. The maximum absolute atomic E-state index is 11.8. The van der Waals surface area contributed by atoms with Crippen molar-refractivity contribution in [2.75, 3.05) is 45.2 Å². The maximum atomic E-state index is 11.8. The summed E-state index contributed by atoms with van der Waals surface area (Å²) < 4.78 is 0. The number of rotatable bonds is 2. The van der Waals surface area contributed by atoms with Crippen molar-refractivity contribution in [3.63, 3.8) is 0 Å². The molecule has 1 aromatic rings. The molecule has 0 radical (unpaired) electrons. The number of benzene rings is 1. The molecule has 1 aliphatic rings. The second kappa shape index (κ2) is 5.87. The van der Waals surface area contributed by atoms with Gasteiger partial charge >= 0.3 is 0 Å². The largest absolute Gasteiger partial charge is 0.370 e. The van der Waals surface area contributed by atoms with Crippen LogP contribution in [0.25, 0.3) is 0 Å². The minimum Gasteiger partial charge on any atom is -0.370 e. The summed E-state index contributed by atoms with van der Waals surface area (Å²) in [5.74, 6) is 0.0547. The molecular formula is C14H21N3O. The summed E-state index contributed by atoms with van der Waals surface area (Å²) in [5.41, 5.74) is 1.95. The van der Waals surface area contributed by atoms with Gasteiger partial charge < -0.3 is 15.1 Å². The fraction of sp³-hybridized carbons (Fsp3) is 0.500. The number of hydrogen-bond donors (Lipinski definition) is 1. The molecule has 1 amide bonds. The molecule has 0 spiro atoms. The molecule has 0 atom stereocenters. The summed E-state index contributed by atoms with van der Waals surface area (Å²) in [6.45, 7) is 4.22. The van der Waals surface area contributed by atoms with E-state index in [1.54, 1.807) is 19.0 Å². The van der Waals surface area contributed by atoms with Crippen LogP contribution in [0.4, 0.5) is 5.69 Å². The number of amides is 1. The molecule has 1 N–H and O–H groups in total. The van der Waals surface area contributed by atoms with E-state index < -0.39 is 0 Å². The average Bonchev–Trinajstić information content (AvgIpc) is 2.67. The standard InChI is InChI=1S/C14H21N3O/c1-16(2)14(18)12-4-6-13(7-5-12)17-10-3-8-15-9-11-17/h4-7,15H,3,8-11H2,1-2H3. The van der Waals surface area contributed by atoms with Crippen LogP contribution in [0.2, 0.25) is 0 Å².